The van der Waals surface area contributed by atoms with Crippen molar-refractivity contribution in [2.45, 2.75) is 50.7 Å². The monoisotopic (exact) mass is 405 g/mol. The molecule has 1 amide bonds. The summed E-state index contributed by atoms with van der Waals surface area (Å²) in [5.74, 6) is -0.307. The molecule has 0 spiro atoms. The zero-order valence-corrected chi connectivity index (χ0v) is 17.8. The van der Waals surface area contributed by atoms with Gasteiger partial charge in [-0.25, -0.2) is 4.39 Å². The Hall–Kier alpha value is -2.66. The van der Waals surface area contributed by atoms with Gasteiger partial charge >= 0.3 is 0 Å². The van der Waals surface area contributed by atoms with Crippen LogP contribution in [-0.4, -0.2) is 40.5 Å². The maximum Gasteiger partial charge on any atom is 0.254 e. The molecule has 2 saturated heterocycles. The highest BCUT2D eigenvalue weighted by Gasteiger charge is 2.39. The van der Waals surface area contributed by atoms with Crippen molar-refractivity contribution in [3.63, 3.8) is 0 Å². The molecule has 2 aliphatic heterocycles. The van der Waals surface area contributed by atoms with E-state index in [9.17, 15) is 9.18 Å². The third-order valence-electron chi connectivity index (χ3n) is 7.13. The Labute approximate surface area is 176 Å². The van der Waals surface area contributed by atoms with Crippen LogP contribution in [0.4, 0.5) is 4.39 Å². The van der Waals surface area contributed by atoms with Gasteiger partial charge in [-0.2, -0.15) is 0 Å². The van der Waals surface area contributed by atoms with Crippen LogP contribution in [-0.2, 0) is 7.05 Å². The van der Waals surface area contributed by atoms with E-state index >= 15 is 0 Å². The van der Waals surface area contributed by atoms with Crippen molar-refractivity contribution in [1.29, 1.82) is 0 Å². The summed E-state index contributed by atoms with van der Waals surface area (Å²) >= 11 is 0. The highest BCUT2D eigenvalue weighted by atomic mass is 19.1. The Kier molecular flexibility index (Phi) is 4.66. The van der Waals surface area contributed by atoms with Crippen LogP contribution in [0.15, 0.2) is 42.5 Å². The van der Waals surface area contributed by atoms with E-state index in [1.165, 1.54) is 25.0 Å². The quantitative estimate of drug-likeness (QED) is 0.689. The normalized spacial score (nSPS) is 23.8. The number of nitrogens with one attached hydrogen (secondary N) is 1. The average Bonchev–Trinajstić information content (AvgIpc) is 3.10. The van der Waals surface area contributed by atoms with Gasteiger partial charge in [0.2, 0.25) is 0 Å². The van der Waals surface area contributed by atoms with Gasteiger partial charge in [0.05, 0.1) is 11.3 Å². The molecule has 1 N–H and O–H groups in total. The van der Waals surface area contributed by atoms with Gasteiger partial charge in [0, 0.05) is 36.1 Å². The molecule has 156 valence electrons. The van der Waals surface area contributed by atoms with E-state index in [0.29, 0.717) is 17.6 Å². The van der Waals surface area contributed by atoms with Gasteiger partial charge in [0.15, 0.2) is 0 Å². The molecule has 1 unspecified atom stereocenters. The van der Waals surface area contributed by atoms with Crippen LogP contribution in [0.25, 0.3) is 22.2 Å². The van der Waals surface area contributed by atoms with Gasteiger partial charge < -0.3 is 14.8 Å². The molecule has 3 heterocycles. The van der Waals surface area contributed by atoms with Crippen LogP contribution >= 0.6 is 0 Å². The lowest BCUT2D eigenvalue weighted by Crippen LogP contribution is -2.48. The van der Waals surface area contributed by atoms with Gasteiger partial charge in [-0.1, -0.05) is 12.1 Å². The van der Waals surface area contributed by atoms with E-state index in [2.05, 4.69) is 34.8 Å². The first-order valence-corrected chi connectivity index (χ1v) is 10.8. The van der Waals surface area contributed by atoms with Crippen molar-refractivity contribution in [1.82, 2.24) is 14.8 Å². The van der Waals surface area contributed by atoms with E-state index < -0.39 is 0 Å². The third kappa shape index (κ3) is 3.12. The molecule has 2 aromatic carbocycles. The SMILES string of the molecule is Cc1ccc2c(C(=O)NC3C[C@H]4CC[C@@H](C3)N4C)c(-c3ccc(F)cc3)n(C)c2c1. The van der Waals surface area contributed by atoms with Gasteiger partial charge in [-0.3, -0.25) is 4.79 Å². The number of hydrogen-bond acceptors (Lipinski definition) is 2. The number of rotatable bonds is 3. The topological polar surface area (TPSA) is 37.3 Å². The summed E-state index contributed by atoms with van der Waals surface area (Å²) in [6.45, 7) is 2.05. The first kappa shape index (κ1) is 19.3. The van der Waals surface area contributed by atoms with Crippen molar-refractivity contribution < 1.29 is 9.18 Å². The number of benzene rings is 2. The Morgan fingerprint density at radius 3 is 2.37 bits per heavy atom. The molecule has 4 nitrogen and oxygen atoms in total. The van der Waals surface area contributed by atoms with Crippen LogP contribution in [0.5, 0.6) is 0 Å². The summed E-state index contributed by atoms with van der Waals surface area (Å²) in [5.41, 5.74) is 4.53. The first-order chi connectivity index (χ1) is 14.4. The molecule has 30 heavy (non-hydrogen) atoms. The van der Waals surface area contributed by atoms with Gasteiger partial charge in [0.1, 0.15) is 5.82 Å². The van der Waals surface area contributed by atoms with Crippen LogP contribution in [0.3, 0.4) is 0 Å². The fourth-order valence-corrected chi connectivity index (χ4v) is 5.51. The van der Waals surface area contributed by atoms with Crippen molar-refractivity contribution in [3.8, 4) is 11.3 Å². The standard InChI is InChI=1S/C25H28FN3O/c1-15-4-11-21-22(12-15)29(3)24(16-5-7-17(26)8-6-16)23(21)25(30)27-18-13-19-9-10-20(14-18)28(19)2/h4-8,11-12,18-20H,9-10,13-14H2,1-3H3,(H,27,30)/t18?,19-,20+. The lowest BCUT2D eigenvalue weighted by Gasteiger charge is -2.36. The van der Waals surface area contributed by atoms with Crippen molar-refractivity contribution in [2.24, 2.45) is 7.05 Å². The molecule has 3 atom stereocenters. The van der Waals surface area contributed by atoms with Crippen molar-refractivity contribution in [3.05, 3.63) is 59.4 Å². The van der Waals surface area contributed by atoms with E-state index in [1.54, 1.807) is 12.1 Å². The van der Waals surface area contributed by atoms with Gasteiger partial charge in [-0.15, -0.1) is 0 Å². The minimum Gasteiger partial charge on any atom is -0.349 e. The van der Waals surface area contributed by atoms with E-state index in [0.717, 1.165) is 40.6 Å². The lowest BCUT2D eigenvalue weighted by atomic mass is 9.97. The Balaban J connectivity index is 1.56. The van der Waals surface area contributed by atoms with Gasteiger partial charge in [0.25, 0.3) is 5.91 Å². The number of fused-ring (bicyclic) bond motifs is 3. The van der Waals surface area contributed by atoms with Crippen LogP contribution in [0, 0.1) is 12.7 Å². The summed E-state index contributed by atoms with van der Waals surface area (Å²) in [6.07, 6.45) is 4.47. The second-order valence-electron chi connectivity index (χ2n) is 9.00. The molecule has 2 aliphatic rings. The minimum atomic E-state index is -0.277. The molecular formula is C25H28FN3O. The second-order valence-corrected chi connectivity index (χ2v) is 9.00. The zero-order valence-electron chi connectivity index (χ0n) is 17.8. The Morgan fingerprint density at radius 2 is 1.70 bits per heavy atom. The molecule has 1 aromatic heterocycles. The summed E-state index contributed by atoms with van der Waals surface area (Å²) in [6, 6.07) is 13.9. The molecule has 0 aliphatic carbocycles. The Bertz CT molecular complexity index is 1100. The number of piperidine rings is 1. The van der Waals surface area contributed by atoms with Crippen molar-refractivity contribution >= 4 is 16.8 Å². The number of nitrogens with zero attached hydrogens (tertiary/aromatic N) is 2. The van der Waals surface area contributed by atoms with E-state index in [-0.39, 0.29) is 17.8 Å². The molecule has 5 heteroatoms. The molecule has 2 fully saturated rings. The molecule has 2 bridgehead atoms. The molecular weight excluding hydrogens is 377 g/mol. The summed E-state index contributed by atoms with van der Waals surface area (Å²) < 4.78 is 15.6. The molecule has 3 aromatic rings. The number of amides is 1. The van der Waals surface area contributed by atoms with E-state index in [4.69, 9.17) is 0 Å². The minimum absolute atomic E-state index is 0.0299. The van der Waals surface area contributed by atoms with Crippen LogP contribution < -0.4 is 5.32 Å². The number of carbonyl (C=O) groups excluding carboxylic acids is 1. The lowest BCUT2D eigenvalue weighted by molar-refractivity contribution is 0.0884. The highest BCUT2D eigenvalue weighted by molar-refractivity contribution is 6.13. The van der Waals surface area contributed by atoms with Gasteiger partial charge in [-0.05, 0) is 81.1 Å². The fourth-order valence-electron chi connectivity index (χ4n) is 5.51. The molecule has 0 saturated carbocycles. The predicted molar refractivity (Wildman–Crippen MR) is 118 cm³/mol. The third-order valence-corrected chi connectivity index (χ3v) is 7.13. The van der Waals surface area contributed by atoms with Crippen LogP contribution in [0.1, 0.15) is 41.6 Å². The summed E-state index contributed by atoms with van der Waals surface area (Å²) in [7, 11) is 4.19. The zero-order chi connectivity index (χ0) is 21.0. The molecule has 5 rings (SSSR count). The summed E-state index contributed by atoms with van der Waals surface area (Å²) in [5, 5.41) is 4.29. The number of carbonyl (C=O) groups is 1. The number of aromatic nitrogens is 1. The fraction of sp³-hybridized carbons (Fsp3) is 0.400. The number of halogens is 1. The largest absolute Gasteiger partial charge is 0.349 e. The number of hydrogen-bond donors (Lipinski definition) is 1. The maximum absolute atomic E-state index is 13.6. The van der Waals surface area contributed by atoms with Crippen molar-refractivity contribution in [2.75, 3.05) is 7.05 Å². The highest BCUT2D eigenvalue weighted by Crippen LogP contribution is 2.36. The Morgan fingerprint density at radius 1 is 1.03 bits per heavy atom. The van der Waals surface area contributed by atoms with Crippen LogP contribution in [0.2, 0.25) is 0 Å². The maximum atomic E-state index is 13.6. The summed E-state index contributed by atoms with van der Waals surface area (Å²) in [4.78, 5) is 16.1. The molecule has 0 radical (unpaired) electrons. The average molecular weight is 406 g/mol. The smallest absolute Gasteiger partial charge is 0.254 e. The van der Waals surface area contributed by atoms with E-state index in [1.807, 2.05) is 19.2 Å². The second kappa shape index (κ2) is 7.24. The number of aryl methyl sites for hydroxylation is 2. The predicted octanol–water partition coefficient (Wildman–Crippen LogP) is 4.65. The first-order valence-electron chi connectivity index (χ1n) is 10.8.